The highest BCUT2D eigenvalue weighted by atomic mass is 16.5. The molecule has 0 amide bonds. The number of carbonyl (C=O) groups excluding carboxylic acids is 2. The second kappa shape index (κ2) is 13.7. The van der Waals surface area contributed by atoms with Crippen molar-refractivity contribution in [1.82, 2.24) is 0 Å². The van der Waals surface area contributed by atoms with E-state index >= 15 is 0 Å². The fourth-order valence-electron chi connectivity index (χ4n) is 2.76. The minimum Gasteiger partial charge on any atom is -0.462 e. The van der Waals surface area contributed by atoms with Crippen molar-refractivity contribution in [3.63, 3.8) is 0 Å². The van der Waals surface area contributed by atoms with Crippen molar-refractivity contribution in [3.05, 3.63) is 23.3 Å². The largest absolute Gasteiger partial charge is 0.462 e. The Balaban J connectivity index is 2.52. The van der Waals surface area contributed by atoms with Gasteiger partial charge in [0.1, 0.15) is 0 Å². The zero-order chi connectivity index (χ0) is 18.3. The van der Waals surface area contributed by atoms with Crippen molar-refractivity contribution < 1.29 is 19.1 Å². The Morgan fingerprint density at radius 1 is 0.760 bits per heavy atom. The molecule has 1 aliphatic carbocycles. The van der Waals surface area contributed by atoms with Crippen molar-refractivity contribution in [3.8, 4) is 0 Å². The van der Waals surface area contributed by atoms with Crippen LogP contribution in [-0.2, 0) is 19.1 Å². The monoisotopic (exact) mass is 350 g/mol. The highest BCUT2D eigenvalue weighted by Gasteiger charge is 2.24. The average molecular weight is 350 g/mol. The molecule has 0 bridgehead atoms. The molecule has 0 fully saturated rings. The normalized spacial score (nSPS) is 14.3. The Bertz CT molecular complexity index is 421. The van der Waals surface area contributed by atoms with Gasteiger partial charge in [-0.15, -0.1) is 0 Å². The van der Waals surface area contributed by atoms with Crippen LogP contribution in [0.15, 0.2) is 23.3 Å². The van der Waals surface area contributed by atoms with Crippen LogP contribution in [0.5, 0.6) is 0 Å². The summed E-state index contributed by atoms with van der Waals surface area (Å²) in [4.78, 5) is 24.7. The van der Waals surface area contributed by atoms with Crippen LogP contribution in [0.25, 0.3) is 0 Å². The lowest BCUT2D eigenvalue weighted by atomic mass is 10.1. The van der Waals surface area contributed by atoms with Crippen molar-refractivity contribution in [1.29, 1.82) is 0 Å². The standard InChI is InChI=1S/C21H34O4/c1-3-5-7-12-16-24-20(22)18-14-10-9-11-15-19(18)21(23)25-17-13-8-6-4-2/h14-15H,3-13,16-17H2,1-2H3. The molecule has 0 aliphatic heterocycles. The molecule has 0 unspecified atom stereocenters. The van der Waals surface area contributed by atoms with Crippen LogP contribution in [0.1, 0.15) is 84.5 Å². The third kappa shape index (κ3) is 8.89. The van der Waals surface area contributed by atoms with Gasteiger partial charge in [0.15, 0.2) is 0 Å². The minimum absolute atomic E-state index is 0.381. The van der Waals surface area contributed by atoms with Gasteiger partial charge in [0, 0.05) is 0 Å². The fraction of sp³-hybridized carbons (Fsp3) is 0.714. The summed E-state index contributed by atoms with van der Waals surface area (Å²) in [6.45, 7) is 5.12. The van der Waals surface area contributed by atoms with E-state index < -0.39 is 11.9 Å². The van der Waals surface area contributed by atoms with Gasteiger partial charge in [0.2, 0.25) is 0 Å². The number of hydrogen-bond donors (Lipinski definition) is 0. The molecule has 0 aromatic heterocycles. The molecule has 1 aliphatic rings. The van der Waals surface area contributed by atoms with Crippen LogP contribution in [0.3, 0.4) is 0 Å². The molecule has 0 aromatic rings. The second-order valence-corrected chi connectivity index (χ2v) is 6.56. The van der Waals surface area contributed by atoms with Gasteiger partial charge < -0.3 is 9.47 Å². The zero-order valence-electron chi connectivity index (χ0n) is 16.0. The van der Waals surface area contributed by atoms with E-state index in [1.54, 1.807) is 0 Å². The van der Waals surface area contributed by atoms with E-state index in [0.717, 1.165) is 70.6 Å². The first kappa shape index (κ1) is 21.5. The van der Waals surface area contributed by atoms with E-state index in [-0.39, 0.29) is 0 Å². The molecule has 0 radical (unpaired) electrons. The van der Waals surface area contributed by atoms with Crippen LogP contribution in [0.2, 0.25) is 0 Å². The van der Waals surface area contributed by atoms with Crippen LogP contribution < -0.4 is 0 Å². The van der Waals surface area contributed by atoms with Crippen molar-refractivity contribution in [2.75, 3.05) is 13.2 Å². The summed E-state index contributed by atoms with van der Waals surface area (Å²) in [7, 11) is 0. The average Bonchev–Trinajstić information content (AvgIpc) is 2.87. The summed E-state index contributed by atoms with van der Waals surface area (Å²) < 4.78 is 10.7. The molecule has 0 N–H and O–H groups in total. The summed E-state index contributed by atoms with van der Waals surface area (Å²) in [5.41, 5.74) is 0.762. The molecule has 25 heavy (non-hydrogen) atoms. The quantitative estimate of drug-likeness (QED) is 0.355. The Kier molecular flexibility index (Phi) is 11.7. The van der Waals surface area contributed by atoms with E-state index in [1.165, 1.54) is 0 Å². The maximum atomic E-state index is 12.4. The summed E-state index contributed by atoms with van der Waals surface area (Å²) in [6, 6.07) is 0. The van der Waals surface area contributed by atoms with Crippen molar-refractivity contribution in [2.24, 2.45) is 0 Å². The second-order valence-electron chi connectivity index (χ2n) is 6.56. The Morgan fingerprint density at radius 3 is 1.60 bits per heavy atom. The smallest absolute Gasteiger partial charge is 0.338 e. The van der Waals surface area contributed by atoms with Crippen LogP contribution in [-0.4, -0.2) is 25.2 Å². The third-order valence-electron chi connectivity index (χ3n) is 4.30. The van der Waals surface area contributed by atoms with Crippen LogP contribution >= 0.6 is 0 Å². The molecule has 4 nitrogen and oxygen atoms in total. The first-order chi connectivity index (χ1) is 12.2. The zero-order valence-corrected chi connectivity index (χ0v) is 16.0. The molecular weight excluding hydrogens is 316 g/mol. The highest BCUT2D eigenvalue weighted by Crippen LogP contribution is 2.21. The maximum absolute atomic E-state index is 12.4. The van der Waals surface area contributed by atoms with Gasteiger partial charge >= 0.3 is 11.9 Å². The number of ether oxygens (including phenoxy) is 2. The number of rotatable bonds is 12. The van der Waals surface area contributed by atoms with E-state index in [1.807, 2.05) is 12.2 Å². The lowest BCUT2D eigenvalue weighted by Gasteiger charge is -2.11. The molecule has 0 aromatic carbocycles. The van der Waals surface area contributed by atoms with Gasteiger partial charge in [-0.25, -0.2) is 9.59 Å². The first-order valence-electron chi connectivity index (χ1n) is 9.95. The lowest BCUT2D eigenvalue weighted by Crippen LogP contribution is -2.18. The van der Waals surface area contributed by atoms with Gasteiger partial charge in [-0.1, -0.05) is 64.5 Å². The SMILES string of the molecule is CCCCCCOC(=O)C1=CCCCC=C1C(=O)OCCCCCC. The van der Waals surface area contributed by atoms with E-state index in [2.05, 4.69) is 13.8 Å². The third-order valence-corrected chi connectivity index (χ3v) is 4.30. The number of allylic oxidation sites excluding steroid dienone is 2. The Morgan fingerprint density at radius 2 is 1.20 bits per heavy atom. The summed E-state index contributed by atoms with van der Waals surface area (Å²) in [5, 5.41) is 0. The number of hydrogen-bond acceptors (Lipinski definition) is 4. The molecule has 0 saturated heterocycles. The van der Waals surface area contributed by atoms with Crippen molar-refractivity contribution >= 4 is 11.9 Å². The van der Waals surface area contributed by atoms with Crippen LogP contribution in [0.4, 0.5) is 0 Å². The molecule has 142 valence electrons. The lowest BCUT2D eigenvalue weighted by molar-refractivity contribution is -0.142. The highest BCUT2D eigenvalue weighted by molar-refractivity contribution is 6.07. The van der Waals surface area contributed by atoms with Gasteiger partial charge in [0.25, 0.3) is 0 Å². The minimum atomic E-state index is -0.396. The Labute approximate surface area is 152 Å². The summed E-state index contributed by atoms with van der Waals surface area (Å²) >= 11 is 0. The number of esters is 2. The molecule has 1 rings (SSSR count). The van der Waals surface area contributed by atoms with Gasteiger partial charge in [-0.3, -0.25) is 0 Å². The molecule has 0 heterocycles. The number of carbonyl (C=O) groups is 2. The fourth-order valence-corrected chi connectivity index (χ4v) is 2.76. The molecular formula is C21H34O4. The van der Waals surface area contributed by atoms with E-state index in [9.17, 15) is 9.59 Å². The molecule has 4 heteroatoms. The molecule has 0 saturated carbocycles. The van der Waals surface area contributed by atoms with Crippen molar-refractivity contribution in [2.45, 2.75) is 84.5 Å². The first-order valence-corrected chi connectivity index (χ1v) is 9.95. The topological polar surface area (TPSA) is 52.6 Å². The molecule has 0 spiro atoms. The number of unbranched alkanes of at least 4 members (excludes halogenated alkanes) is 6. The van der Waals surface area contributed by atoms with Gasteiger partial charge in [-0.2, -0.15) is 0 Å². The predicted molar refractivity (Wildman–Crippen MR) is 100 cm³/mol. The summed E-state index contributed by atoms with van der Waals surface area (Å²) in [6.07, 6.45) is 14.6. The molecule has 0 atom stereocenters. The summed E-state index contributed by atoms with van der Waals surface area (Å²) in [5.74, 6) is -0.792. The predicted octanol–water partition coefficient (Wildman–Crippen LogP) is 5.27. The van der Waals surface area contributed by atoms with Crippen LogP contribution in [0, 0.1) is 0 Å². The maximum Gasteiger partial charge on any atom is 0.338 e. The Hall–Kier alpha value is -1.58. The van der Waals surface area contributed by atoms with Gasteiger partial charge in [0.05, 0.1) is 24.4 Å². The van der Waals surface area contributed by atoms with Gasteiger partial charge in [-0.05, 0) is 32.1 Å². The van der Waals surface area contributed by atoms with E-state index in [0.29, 0.717) is 24.4 Å². The van der Waals surface area contributed by atoms with E-state index in [4.69, 9.17) is 9.47 Å².